The summed E-state index contributed by atoms with van der Waals surface area (Å²) in [5.74, 6) is 1.32. The molecule has 1 aliphatic rings. The fraction of sp³-hybridized carbons (Fsp3) is 0.238. The van der Waals surface area contributed by atoms with Gasteiger partial charge in [0.05, 0.1) is 17.6 Å². The average Bonchev–Trinajstić information content (AvgIpc) is 3.37. The van der Waals surface area contributed by atoms with Gasteiger partial charge in [0.1, 0.15) is 5.82 Å². The number of aromatic nitrogens is 2. The maximum absolute atomic E-state index is 13.2. The van der Waals surface area contributed by atoms with Gasteiger partial charge in [-0.15, -0.1) is 0 Å². The van der Waals surface area contributed by atoms with Crippen LogP contribution in [0.25, 0.3) is 11.3 Å². The number of rotatable bonds is 7. The van der Waals surface area contributed by atoms with Crippen LogP contribution in [0.1, 0.15) is 12.5 Å². The molecule has 1 aliphatic heterocycles. The largest absolute Gasteiger partial charge is 0.454 e. The van der Waals surface area contributed by atoms with Gasteiger partial charge < -0.3 is 19.4 Å². The zero-order valence-corrected chi connectivity index (χ0v) is 16.7. The quantitative estimate of drug-likeness (QED) is 0.596. The van der Waals surface area contributed by atoms with E-state index in [1.807, 2.05) is 29.7 Å². The number of thioether (sulfide) groups is 1. The third-order valence-corrected chi connectivity index (χ3v) is 5.52. The number of halogens is 1. The summed E-state index contributed by atoms with van der Waals surface area (Å²) in [5, 5.41) is 3.66. The normalized spacial score (nSPS) is 12.2. The van der Waals surface area contributed by atoms with Crippen LogP contribution >= 0.6 is 11.8 Å². The summed E-state index contributed by atoms with van der Waals surface area (Å²) in [7, 11) is 0. The lowest BCUT2D eigenvalue weighted by atomic mass is 10.1. The summed E-state index contributed by atoms with van der Waals surface area (Å²) in [6.45, 7) is 3.36. The van der Waals surface area contributed by atoms with Gasteiger partial charge in [-0.3, -0.25) is 4.79 Å². The molecule has 0 atom stereocenters. The highest BCUT2D eigenvalue weighted by Gasteiger charge is 2.15. The summed E-state index contributed by atoms with van der Waals surface area (Å²) in [4.78, 5) is 16.7. The topological polar surface area (TPSA) is 65.4 Å². The third kappa shape index (κ3) is 4.37. The van der Waals surface area contributed by atoms with Crippen LogP contribution < -0.4 is 14.8 Å². The Kier molecular flexibility index (Phi) is 5.71. The first kappa shape index (κ1) is 19.3. The second-order valence-corrected chi connectivity index (χ2v) is 7.37. The van der Waals surface area contributed by atoms with Crippen molar-refractivity contribution in [2.24, 2.45) is 0 Å². The average molecular weight is 413 g/mol. The molecule has 1 N–H and O–H groups in total. The molecule has 1 aromatic heterocycles. The van der Waals surface area contributed by atoms with Crippen LogP contribution in [0.5, 0.6) is 11.5 Å². The Morgan fingerprint density at radius 3 is 2.79 bits per heavy atom. The summed E-state index contributed by atoms with van der Waals surface area (Å²) >= 11 is 1.37. The van der Waals surface area contributed by atoms with E-state index in [9.17, 15) is 9.18 Å². The van der Waals surface area contributed by atoms with Crippen LogP contribution in [0.2, 0.25) is 0 Å². The smallest absolute Gasteiger partial charge is 0.231 e. The van der Waals surface area contributed by atoms with Crippen molar-refractivity contribution in [2.75, 3.05) is 12.5 Å². The number of benzene rings is 2. The molecule has 8 heteroatoms. The molecular formula is C21H20FN3O3S. The first-order valence-corrected chi connectivity index (χ1v) is 10.2. The fourth-order valence-electron chi connectivity index (χ4n) is 3.06. The van der Waals surface area contributed by atoms with E-state index >= 15 is 0 Å². The van der Waals surface area contributed by atoms with E-state index in [0.29, 0.717) is 18.8 Å². The molecule has 0 saturated carbocycles. The van der Waals surface area contributed by atoms with Gasteiger partial charge >= 0.3 is 0 Å². The summed E-state index contributed by atoms with van der Waals surface area (Å²) in [6.07, 6.45) is 1.75. The molecule has 0 bridgehead atoms. The van der Waals surface area contributed by atoms with Crippen LogP contribution in [0.4, 0.5) is 4.39 Å². The number of fused-ring (bicyclic) bond motifs is 1. The minimum atomic E-state index is -0.273. The molecule has 0 saturated heterocycles. The molecule has 2 aromatic carbocycles. The van der Waals surface area contributed by atoms with Crippen molar-refractivity contribution in [3.05, 3.63) is 60.0 Å². The first-order chi connectivity index (χ1) is 14.1. The number of hydrogen-bond acceptors (Lipinski definition) is 5. The fourth-order valence-corrected chi connectivity index (χ4v) is 3.94. The number of imidazole rings is 1. The molecule has 3 aromatic rings. The van der Waals surface area contributed by atoms with Gasteiger partial charge in [-0.1, -0.05) is 17.8 Å². The van der Waals surface area contributed by atoms with Crippen LogP contribution in [0.3, 0.4) is 0 Å². The van der Waals surface area contributed by atoms with Crippen LogP contribution in [0.15, 0.2) is 53.8 Å². The highest BCUT2D eigenvalue weighted by Crippen LogP contribution is 2.32. The van der Waals surface area contributed by atoms with E-state index in [1.165, 1.54) is 23.9 Å². The van der Waals surface area contributed by atoms with Gasteiger partial charge in [0.25, 0.3) is 0 Å². The Balaban J connectivity index is 1.35. The van der Waals surface area contributed by atoms with Crippen molar-refractivity contribution in [3.63, 3.8) is 0 Å². The van der Waals surface area contributed by atoms with Crippen molar-refractivity contribution in [3.8, 4) is 22.8 Å². The Bertz CT molecular complexity index is 1020. The Morgan fingerprint density at radius 1 is 1.21 bits per heavy atom. The van der Waals surface area contributed by atoms with Crippen molar-refractivity contribution >= 4 is 17.7 Å². The maximum atomic E-state index is 13.2. The van der Waals surface area contributed by atoms with Crippen LogP contribution in [-0.4, -0.2) is 28.0 Å². The molecule has 2 heterocycles. The van der Waals surface area contributed by atoms with E-state index in [-0.39, 0.29) is 24.3 Å². The predicted molar refractivity (Wildman–Crippen MR) is 108 cm³/mol. The van der Waals surface area contributed by atoms with Crippen LogP contribution in [-0.2, 0) is 17.9 Å². The molecule has 0 aliphatic carbocycles. The number of carbonyl (C=O) groups is 1. The minimum absolute atomic E-state index is 0.0818. The molecule has 0 fully saturated rings. The third-order valence-electron chi connectivity index (χ3n) is 4.53. The Labute approximate surface area is 172 Å². The highest BCUT2D eigenvalue weighted by atomic mass is 32.2. The molecule has 29 heavy (non-hydrogen) atoms. The number of carbonyl (C=O) groups excluding carboxylic acids is 1. The van der Waals surface area contributed by atoms with Crippen molar-refractivity contribution in [1.29, 1.82) is 0 Å². The van der Waals surface area contributed by atoms with Gasteiger partial charge in [0.15, 0.2) is 16.7 Å². The lowest BCUT2D eigenvalue weighted by Crippen LogP contribution is -2.24. The van der Waals surface area contributed by atoms with Gasteiger partial charge in [0.2, 0.25) is 12.7 Å². The Morgan fingerprint density at radius 2 is 2.00 bits per heavy atom. The highest BCUT2D eigenvalue weighted by molar-refractivity contribution is 7.99. The van der Waals surface area contributed by atoms with Gasteiger partial charge in [0, 0.05) is 13.1 Å². The van der Waals surface area contributed by atoms with Gasteiger partial charge in [-0.2, -0.15) is 0 Å². The number of hydrogen-bond donors (Lipinski definition) is 1. The van der Waals surface area contributed by atoms with E-state index in [1.54, 1.807) is 18.3 Å². The van der Waals surface area contributed by atoms with Gasteiger partial charge in [-0.05, 0) is 54.4 Å². The molecular weight excluding hydrogens is 393 g/mol. The second kappa shape index (κ2) is 8.57. The number of ether oxygens (including phenoxy) is 2. The van der Waals surface area contributed by atoms with E-state index in [4.69, 9.17) is 9.47 Å². The monoisotopic (exact) mass is 413 g/mol. The summed E-state index contributed by atoms with van der Waals surface area (Å²) in [6, 6.07) is 11.9. The van der Waals surface area contributed by atoms with Crippen molar-refractivity contribution in [2.45, 2.75) is 25.2 Å². The lowest BCUT2D eigenvalue weighted by Gasteiger charge is -2.10. The standard InChI is InChI=1S/C21H20FN3O3S/c1-2-25-17(15-4-6-16(22)7-5-15)11-24-21(25)29-12-20(26)23-10-14-3-8-18-19(9-14)28-13-27-18/h3-9,11H,2,10,12-13H2,1H3,(H,23,26). The predicted octanol–water partition coefficient (Wildman–Crippen LogP) is 3.85. The molecule has 0 spiro atoms. The molecule has 4 rings (SSSR count). The van der Waals surface area contributed by atoms with Crippen molar-refractivity contribution < 1.29 is 18.7 Å². The van der Waals surface area contributed by atoms with Gasteiger partial charge in [-0.25, -0.2) is 9.37 Å². The van der Waals surface area contributed by atoms with E-state index in [2.05, 4.69) is 10.3 Å². The number of amides is 1. The van der Waals surface area contributed by atoms with E-state index in [0.717, 1.165) is 27.7 Å². The molecule has 1 amide bonds. The van der Waals surface area contributed by atoms with Crippen molar-refractivity contribution in [1.82, 2.24) is 14.9 Å². The maximum Gasteiger partial charge on any atom is 0.231 e. The molecule has 6 nitrogen and oxygen atoms in total. The number of nitrogens with zero attached hydrogens (tertiary/aromatic N) is 2. The molecule has 0 unspecified atom stereocenters. The Hall–Kier alpha value is -3.00. The SMILES string of the molecule is CCn1c(-c2ccc(F)cc2)cnc1SCC(=O)NCc1ccc2c(c1)OCO2. The zero-order valence-electron chi connectivity index (χ0n) is 15.9. The summed E-state index contributed by atoms with van der Waals surface area (Å²) in [5.41, 5.74) is 2.73. The zero-order chi connectivity index (χ0) is 20.2. The van der Waals surface area contributed by atoms with Crippen LogP contribution in [0, 0.1) is 5.82 Å². The number of nitrogens with one attached hydrogen (secondary N) is 1. The summed E-state index contributed by atoms with van der Waals surface area (Å²) < 4.78 is 25.8. The lowest BCUT2D eigenvalue weighted by molar-refractivity contribution is -0.118. The first-order valence-electron chi connectivity index (χ1n) is 9.23. The molecule has 150 valence electrons. The molecule has 0 radical (unpaired) electrons. The van der Waals surface area contributed by atoms with E-state index < -0.39 is 0 Å². The second-order valence-electron chi connectivity index (χ2n) is 6.43. The minimum Gasteiger partial charge on any atom is -0.454 e.